The normalized spacial score (nSPS) is 12.3. The second-order valence-corrected chi connectivity index (χ2v) is 5.26. The zero-order chi connectivity index (χ0) is 14.3. The van der Waals surface area contributed by atoms with Crippen LogP contribution in [0.2, 0.25) is 0 Å². The van der Waals surface area contributed by atoms with E-state index in [0.29, 0.717) is 29.6 Å². The maximum Gasteiger partial charge on any atom is 0.320 e. The highest BCUT2D eigenvalue weighted by atomic mass is 32.2. The Morgan fingerprint density at radius 2 is 2.37 bits per heavy atom. The minimum Gasteiger partial charge on any atom is -0.480 e. The van der Waals surface area contributed by atoms with Crippen LogP contribution in [0.3, 0.4) is 0 Å². The van der Waals surface area contributed by atoms with E-state index in [1.807, 2.05) is 6.92 Å². The molecule has 0 saturated carbocycles. The van der Waals surface area contributed by atoms with Crippen molar-refractivity contribution in [2.45, 2.75) is 37.9 Å². The number of carboxylic acid groups (broad SMARTS) is 1. The SMILES string of the molecule is CCCNC(CCSc1nc(C)cc(=O)[nH]1)C(=O)O. The third kappa shape index (κ3) is 5.89. The van der Waals surface area contributed by atoms with E-state index in [4.69, 9.17) is 5.11 Å². The Hall–Kier alpha value is -1.34. The number of H-pyrrole nitrogens is 1. The highest BCUT2D eigenvalue weighted by Gasteiger charge is 2.15. The van der Waals surface area contributed by atoms with Gasteiger partial charge in [0.05, 0.1) is 0 Å². The third-order valence-electron chi connectivity index (χ3n) is 2.43. The number of carbonyl (C=O) groups is 1. The molecule has 1 aromatic heterocycles. The van der Waals surface area contributed by atoms with Crippen LogP contribution in [0.1, 0.15) is 25.5 Å². The summed E-state index contributed by atoms with van der Waals surface area (Å²) >= 11 is 1.36. The van der Waals surface area contributed by atoms with E-state index in [1.54, 1.807) is 6.92 Å². The summed E-state index contributed by atoms with van der Waals surface area (Å²) in [5.41, 5.74) is 0.471. The molecular formula is C12H19N3O3S. The summed E-state index contributed by atoms with van der Waals surface area (Å²) in [5.74, 6) is -0.264. The first-order chi connectivity index (χ1) is 9.02. The minimum atomic E-state index is -0.847. The van der Waals surface area contributed by atoms with Gasteiger partial charge in [-0.05, 0) is 26.3 Å². The number of thioether (sulfide) groups is 1. The first-order valence-electron chi connectivity index (χ1n) is 6.20. The van der Waals surface area contributed by atoms with E-state index in [2.05, 4.69) is 15.3 Å². The van der Waals surface area contributed by atoms with Gasteiger partial charge in [0.2, 0.25) is 0 Å². The van der Waals surface area contributed by atoms with Crippen LogP contribution in [0.5, 0.6) is 0 Å². The molecule has 0 saturated heterocycles. The van der Waals surface area contributed by atoms with Gasteiger partial charge in [0.25, 0.3) is 5.56 Å². The van der Waals surface area contributed by atoms with E-state index >= 15 is 0 Å². The van der Waals surface area contributed by atoms with Crippen molar-refractivity contribution in [3.8, 4) is 0 Å². The van der Waals surface area contributed by atoms with E-state index in [-0.39, 0.29) is 5.56 Å². The molecule has 0 bridgehead atoms. The topological polar surface area (TPSA) is 95.1 Å². The molecule has 0 aliphatic heterocycles. The quantitative estimate of drug-likeness (QED) is 0.487. The Kier molecular flexibility index (Phi) is 6.58. The van der Waals surface area contributed by atoms with Gasteiger partial charge in [0.15, 0.2) is 5.16 Å². The van der Waals surface area contributed by atoms with Crippen LogP contribution in [0, 0.1) is 6.92 Å². The fraction of sp³-hybridized carbons (Fsp3) is 0.583. The number of rotatable bonds is 8. The van der Waals surface area contributed by atoms with E-state index in [1.165, 1.54) is 17.8 Å². The Morgan fingerprint density at radius 1 is 1.63 bits per heavy atom. The fourth-order valence-electron chi connectivity index (χ4n) is 1.52. The summed E-state index contributed by atoms with van der Waals surface area (Å²) in [7, 11) is 0. The summed E-state index contributed by atoms with van der Waals surface area (Å²) in [6.07, 6.45) is 1.38. The van der Waals surface area contributed by atoms with Crippen molar-refractivity contribution in [3.63, 3.8) is 0 Å². The Balaban J connectivity index is 2.47. The number of aromatic nitrogens is 2. The first-order valence-corrected chi connectivity index (χ1v) is 7.18. The second kappa shape index (κ2) is 7.96. The smallest absolute Gasteiger partial charge is 0.320 e. The van der Waals surface area contributed by atoms with Crippen LogP contribution in [-0.4, -0.2) is 39.4 Å². The molecule has 1 rings (SSSR count). The fourth-order valence-corrected chi connectivity index (χ4v) is 2.45. The van der Waals surface area contributed by atoms with Crippen molar-refractivity contribution in [3.05, 3.63) is 22.1 Å². The molecule has 0 radical (unpaired) electrons. The van der Waals surface area contributed by atoms with Crippen LogP contribution < -0.4 is 10.9 Å². The van der Waals surface area contributed by atoms with Crippen LogP contribution in [0.25, 0.3) is 0 Å². The lowest BCUT2D eigenvalue weighted by Crippen LogP contribution is -2.37. The van der Waals surface area contributed by atoms with Gasteiger partial charge in [-0.25, -0.2) is 4.98 Å². The number of aliphatic carboxylic acids is 1. The van der Waals surface area contributed by atoms with Gasteiger partial charge in [-0.3, -0.25) is 9.59 Å². The molecule has 0 aromatic carbocycles. The van der Waals surface area contributed by atoms with Crippen molar-refractivity contribution in [1.29, 1.82) is 0 Å². The molecule has 0 aliphatic rings. The van der Waals surface area contributed by atoms with Crippen molar-refractivity contribution < 1.29 is 9.90 Å². The summed E-state index contributed by atoms with van der Waals surface area (Å²) in [6.45, 7) is 4.42. The van der Waals surface area contributed by atoms with Crippen molar-refractivity contribution >= 4 is 17.7 Å². The molecule has 1 heterocycles. The lowest BCUT2D eigenvalue weighted by Gasteiger charge is -2.13. The van der Waals surface area contributed by atoms with E-state index in [0.717, 1.165) is 6.42 Å². The predicted octanol–water partition coefficient (Wildman–Crippen LogP) is 1.01. The molecule has 1 atom stereocenters. The van der Waals surface area contributed by atoms with Gasteiger partial charge in [0, 0.05) is 17.5 Å². The van der Waals surface area contributed by atoms with Crippen LogP contribution in [-0.2, 0) is 4.79 Å². The molecule has 1 aromatic rings. The molecule has 0 amide bonds. The lowest BCUT2D eigenvalue weighted by molar-refractivity contribution is -0.139. The first kappa shape index (κ1) is 15.7. The number of hydrogen-bond donors (Lipinski definition) is 3. The maximum absolute atomic E-state index is 11.2. The largest absolute Gasteiger partial charge is 0.480 e. The van der Waals surface area contributed by atoms with Gasteiger partial charge in [-0.2, -0.15) is 0 Å². The standard InChI is InChI=1S/C12H19N3O3S/c1-3-5-13-9(11(17)18)4-6-19-12-14-8(2)7-10(16)15-12/h7,9,13H,3-6H2,1-2H3,(H,17,18)(H,14,15,16). The van der Waals surface area contributed by atoms with Crippen LogP contribution >= 0.6 is 11.8 Å². The number of aryl methyl sites for hydroxylation is 1. The molecule has 0 spiro atoms. The monoisotopic (exact) mass is 285 g/mol. The molecule has 3 N–H and O–H groups in total. The van der Waals surface area contributed by atoms with Crippen molar-refractivity contribution in [1.82, 2.24) is 15.3 Å². The Bertz CT molecular complexity index is 476. The summed E-state index contributed by atoms with van der Waals surface area (Å²) in [5, 5.41) is 12.5. The van der Waals surface area contributed by atoms with Gasteiger partial charge < -0.3 is 15.4 Å². The zero-order valence-electron chi connectivity index (χ0n) is 11.1. The molecule has 1 unspecified atom stereocenters. The average molecular weight is 285 g/mol. The Labute approximate surface area is 116 Å². The molecular weight excluding hydrogens is 266 g/mol. The van der Waals surface area contributed by atoms with Crippen molar-refractivity contribution in [2.24, 2.45) is 0 Å². The van der Waals surface area contributed by atoms with Crippen LogP contribution in [0.15, 0.2) is 16.0 Å². The van der Waals surface area contributed by atoms with Gasteiger partial charge in [-0.15, -0.1) is 0 Å². The molecule has 0 fully saturated rings. The second-order valence-electron chi connectivity index (χ2n) is 4.17. The molecule has 7 heteroatoms. The van der Waals surface area contributed by atoms with Crippen molar-refractivity contribution in [2.75, 3.05) is 12.3 Å². The maximum atomic E-state index is 11.2. The van der Waals surface area contributed by atoms with E-state index < -0.39 is 12.0 Å². The summed E-state index contributed by atoms with van der Waals surface area (Å²) in [4.78, 5) is 29.1. The third-order valence-corrected chi connectivity index (χ3v) is 3.34. The van der Waals surface area contributed by atoms with Gasteiger partial charge >= 0.3 is 5.97 Å². The summed E-state index contributed by atoms with van der Waals surface area (Å²) < 4.78 is 0. The number of nitrogens with one attached hydrogen (secondary N) is 2. The minimum absolute atomic E-state index is 0.186. The average Bonchev–Trinajstić information content (AvgIpc) is 2.31. The molecule has 19 heavy (non-hydrogen) atoms. The number of nitrogens with zero attached hydrogens (tertiary/aromatic N) is 1. The highest BCUT2D eigenvalue weighted by Crippen LogP contribution is 2.13. The molecule has 6 nitrogen and oxygen atoms in total. The van der Waals surface area contributed by atoms with Crippen LogP contribution in [0.4, 0.5) is 0 Å². The zero-order valence-corrected chi connectivity index (χ0v) is 11.9. The highest BCUT2D eigenvalue weighted by molar-refractivity contribution is 7.99. The number of hydrogen-bond acceptors (Lipinski definition) is 5. The predicted molar refractivity (Wildman–Crippen MR) is 74.7 cm³/mol. The summed E-state index contributed by atoms with van der Waals surface area (Å²) in [6, 6.07) is 0.872. The van der Waals surface area contributed by atoms with Gasteiger partial charge in [-0.1, -0.05) is 18.7 Å². The molecule has 0 aliphatic carbocycles. The lowest BCUT2D eigenvalue weighted by atomic mass is 10.2. The van der Waals surface area contributed by atoms with E-state index in [9.17, 15) is 9.59 Å². The molecule has 106 valence electrons. The Morgan fingerprint density at radius 3 is 2.95 bits per heavy atom. The number of carboxylic acids is 1. The van der Waals surface area contributed by atoms with Gasteiger partial charge in [0.1, 0.15) is 6.04 Å². The number of aromatic amines is 1.